The molecule has 1 aliphatic carbocycles. The second-order valence-electron chi connectivity index (χ2n) is 7.33. The van der Waals surface area contributed by atoms with Gasteiger partial charge in [0.2, 0.25) is 0 Å². The summed E-state index contributed by atoms with van der Waals surface area (Å²) in [5, 5.41) is 13.6. The number of rotatable bonds is 7. The van der Waals surface area contributed by atoms with E-state index in [0.29, 0.717) is 22.8 Å². The molecule has 7 heteroatoms. The van der Waals surface area contributed by atoms with Gasteiger partial charge in [0.25, 0.3) is 0 Å². The molecule has 0 N–H and O–H groups in total. The van der Waals surface area contributed by atoms with E-state index in [1.54, 1.807) is 72.8 Å². The number of hydrogen-bond acceptors (Lipinski definition) is 6. The first-order valence-electron chi connectivity index (χ1n) is 10.5. The van der Waals surface area contributed by atoms with Gasteiger partial charge in [-0.15, -0.1) is 0 Å². The number of oxime groups is 1. The van der Waals surface area contributed by atoms with Gasteiger partial charge in [0.1, 0.15) is 23.3 Å². The highest BCUT2D eigenvalue weighted by Crippen LogP contribution is 2.50. The molecule has 0 saturated carbocycles. The number of hydrogen-bond donors (Lipinski definition) is 0. The summed E-state index contributed by atoms with van der Waals surface area (Å²) in [6.45, 7) is 1.99. The minimum atomic E-state index is -4.14. The number of para-hydroxylation sites is 2. The van der Waals surface area contributed by atoms with Crippen LogP contribution in [0.5, 0.6) is 11.5 Å². The Bertz CT molecular complexity index is 1290. The maximum atomic E-state index is 13.4. The van der Waals surface area contributed by atoms with Crippen LogP contribution in [0.2, 0.25) is 0 Å². The number of nitriles is 1. The van der Waals surface area contributed by atoms with Crippen molar-refractivity contribution in [1.82, 2.24) is 0 Å². The molecule has 1 aliphatic rings. The first-order valence-corrected chi connectivity index (χ1v) is 11.9. The van der Waals surface area contributed by atoms with E-state index < -0.39 is 7.82 Å². The molecule has 34 heavy (non-hydrogen) atoms. The summed E-state index contributed by atoms with van der Waals surface area (Å²) >= 11 is 0. The normalized spacial score (nSPS) is 12.6. The van der Waals surface area contributed by atoms with E-state index in [4.69, 9.17) is 13.7 Å². The molecule has 0 radical (unpaired) electrons. The SMILES string of the molecule is Cc1ccc(C(C#N)=C2C=CC(=NOP(=O)(Oc3ccccc3)Oc3ccccc3)C=C2)cc1. The van der Waals surface area contributed by atoms with Crippen LogP contribution in [-0.4, -0.2) is 5.71 Å². The zero-order chi connectivity index (χ0) is 23.8. The Morgan fingerprint density at radius 3 is 1.82 bits per heavy atom. The molecular formula is C27H21N2O4P. The highest BCUT2D eigenvalue weighted by molar-refractivity contribution is 7.49. The Morgan fingerprint density at radius 2 is 1.32 bits per heavy atom. The summed E-state index contributed by atoms with van der Waals surface area (Å²) in [6.07, 6.45) is 6.83. The van der Waals surface area contributed by atoms with Gasteiger partial charge in [0.05, 0.1) is 5.57 Å². The molecule has 3 aromatic rings. The molecule has 0 fully saturated rings. The molecule has 0 bridgehead atoms. The average Bonchev–Trinajstić information content (AvgIpc) is 2.86. The Labute approximate surface area is 198 Å². The lowest BCUT2D eigenvalue weighted by molar-refractivity contribution is 0.218. The zero-order valence-corrected chi connectivity index (χ0v) is 19.3. The van der Waals surface area contributed by atoms with Crippen LogP contribution in [0.4, 0.5) is 0 Å². The second-order valence-corrected chi connectivity index (χ2v) is 8.75. The quantitative estimate of drug-likeness (QED) is 0.211. The molecule has 0 aliphatic heterocycles. The van der Waals surface area contributed by atoms with Crippen molar-refractivity contribution in [1.29, 1.82) is 5.26 Å². The van der Waals surface area contributed by atoms with Gasteiger partial charge in [-0.1, -0.05) is 83.5 Å². The molecule has 168 valence electrons. The molecule has 3 aromatic carbocycles. The summed E-state index contributed by atoms with van der Waals surface area (Å²) in [5.74, 6) is 0.636. The van der Waals surface area contributed by atoms with Crippen molar-refractivity contribution in [3.8, 4) is 17.6 Å². The van der Waals surface area contributed by atoms with Gasteiger partial charge in [-0.25, -0.2) is 0 Å². The summed E-state index contributed by atoms with van der Waals surface area (Å²) in [6, 6.07) is 27.2. The minimum Gasteiger partial charge on any atom is -0.385 e. The molecule has 0 amide bonds. The maximum absolute atomic E-state index is 13.4. The largest absolute Gasteiger partial charge is 0.668 e. The van der Waals surface area contributed by atoms with Crippen molar-refractivity contribution in [2.45, 2.75) is 6.92 Å². The lowest BCUT2D eigenvalue weighted by Gasteiger charge is -2.16. The number of aryl methyl sites for hydroxylation is 1. The summed E-state index contributed by atoms with van der Waals surface area (Å²) < 4.78 is 29.8. The van der Waals surface area contributed by atoms with Crippen molar-refractivity contribution in [2.75, 3.05) is 0 Å². The topological polar surface area (TPSA) is 80.9 Å². The number of phosphoric ester groups is 1. The van der Waals surface area contributed by atoms with Crippen LogP contribution in [0.3, 0.4) is 0 Å². The zero-order valence-electron chi connectivity index (χ0n) is 18.4. The van der Waals surface area contributed by atoms with Crippen molar-refractivity contribution < 1.29 is 18.2 Å². The van der Waals surface area contributed by atoms with Crippen molar-refractivity contribution >= 4 is 19.1 Å². The fourth-order valence-corrected chi connectivity index (χ4v) is 4.13. The smallest absolute Gasteiger partial charge is 0.385 e. The number of nitrogens with zero attached hydrogens (tertiary/aromatic N) is 2. The van der Waals surface area contributed by atoms with Gasteiger partial charge in [-0.2, -0.15) is 9.83 Å². The predicted octanol–water partition coefficient (Wildman–Crippen LogP) is 7.04. The molecule has 0 spiro atoms. The third-order valence-electron chi connectivity index (χ3n) is 4.78. The van der Waals surface area contributed by atoms with E-state index in [9.17, 15) is 9.83 Å². The first kappa shape index (κ1) is 22.8. The van der Waals surface area contributed by atoms with Crippen LogP contribution in [0.15, 0.2) is 120 Å². The van der Waals surface area contributed by atoms with E-state index in [1.807, 2.05) is 43.3 Å². The molecule has 4 rings (SSSR count). The first-order chi connectivity index (χ1) is 16.5. The third-order valence-corrected chi connectivity index (χ3v) is 5.93. The highest BCUT2D eigenvalue weighted by Gasteiger charge is 2.33. The van der Waals surface area contributed by atoms with E-state index >= 15 is 0 Å². The predicted molar refractivity (Wildman–Crippen MR) is 132 cm³/mol. The van der Waals surface area contributed by atoms with Gasteiger partial charge in [0, 0.05) is 0 Å². The molecule has 0 heterocycles. The maximum Gasteiger partial charge on any atom is 0.668 e. The monoisotopic (exact) mass is 468 g/mol. The lowest BCUT2D eigenvalue weighted by atomic mass is 9.97. The fourth-order valence-electron chi connectivity index (χ4n) is 3.07. The van der Waals surface area contributed by atoms with E-state index in [-0.39, 0.29) is 0 Å². The van der Waals surface area contributed by atoms with Gasteiger partial charge in [0.15, 0.2) is 0 Å². The van der Waals surface area contributed by atoms with Crippen molar-refractivity contribution in [2.24, 2.45) is 5.16 Å². The standard InChI is InChI=1S/C27H21N2O4P/c1-21-12-14-22(15-13-21)27(20-28)23-16-18-24(19-17-23)29-33-34(30,31-25-8-4-2-5-9-25)32-26-10-6-3-7-11-26/h2-19H,1H3. The van der Waals surface area contributed by atoms with E-state index in [1.165, 1.54) is 0 Å². The van der Waals surface area contributed by atoms with Crippen LogP contribution in [0.25, 0.3) is 5.57 Å². The van der Waals surface area contributed by atoms with Crippen LogP contribution in [0.1, 0.15) is 11.1 Å². The highest BCUT2D eigenvalue weighted by atomic mass is 31.2. The summed E-state index contributed by atoms with van der Waals surface area (Å²) in [7, 11) is -4.14. The average molecular weight is 468 g/mol. The van der Waals surface area contributed by atoms with E-state index in [0.717, 1.165) is 16.7 Å². The fraction of sp³-hybridized carbons (Fsp3) is 0.0370. The van der Waals surface area contributed by atoms with Crippen molar-refractivity contribution in [3.63, 3.8) is 0 Å². The molecule has 0 atom stereocenters. The number of allylic oxidation sites excluding steroid dienone is 6. The third kappa shape index (κ3) is 5.92. The van der Waals surface area contributed by atoms with Crippen LogP contribution in [0, 0.1) is 18.3 Å². The molecule has 6 nitrogen and oxygen atoms in total. The Hall–Kier alpha value is -4.33. The van der Waals surface area contributed by atoms with Gasteiger partial charge in [-0.05, 0) is 54.5 Å². The van der Waals surface area contributed by atoms with Gasteiger partial charge >= 0.3 is 7.82 Å². The molecular weight excluding hydrogens is 447 g/mol. The van der Waals surface area contributed by atoms with Crippen LogP contribution < -0.4 is 9.05 Å². The van der Waals surface area contributed by atoms with Crippen LogP contribution >= 0.6 is 7.82 Å². The molecule has 0 saturated heterocycles. The van der Waals surface area contributed by atoms with Gasteiger partial charge in [-0.3, -0.25) is 4.62 Å². The summed E-state index contributed by atoms with van der Waals surface area (Å²) in [5.41, 5.74) is 3.60. The van der Waals surface area contributed by atoms with Gasteiger partial charge < -0.3 is 9.05 Å². The molecule has 0 unspecified atom stereocenters. The Kier molecular flexibility index (Phi) is 7.07. The Morgan fingerprint density at radius 1 is 0.794 bits per heavy atom. The van der Waals surface area contributed by atoms with Crippen molar-refractivity contribution in [3.05, 3.63) is 126 Å². The summed E-state index contributed by atoms with van der Waals surface area (Å²) in [4.78, 5) is 0. The lowest BCUT2D eigenvalue weighted by Crippen LogP contribution is -2.04. The molecule has 0 aromatic heterocycles. The second kappa shape index (κ2) is 10.5. The number of benzene rings is 3. The minimum absolute atomic E-state index is 0.318. The van der Waals surface area contributed by atoms with Crippen LogP contribution in [-0.2, 0) is 9.19 Å². The Balaban J connectivity index is 1.55. The number of phosphoric acid groups is 1. The van der Waals surface area contributed by atoms with E-state index in [2.05, 4.69) is 11.2 Å².